The molecule has 2 rings (SSSR count). The van der Waals surface area contributed by atoms with E-state index in [-0.39, 0.29) is 11.6 Å². The van der Waals surface area contributed by atoms with Gasteiger partial charge in [0.1, 0.15) is 0 Å². The molecule has 0 radical (unpaired) electrons. The van der Waals surface area contributed by atoms with Gasteiger partial charge in [-0.15, -0.1) is 0 Å². The first-order valence-electron chi connectivity index (χ1n) is 6.74. The van der Waals surface area contributed by atoms with E-state index >= 15 is 0 Å². The fourth-order valence-electron chi connectivity index (χ4n) is 2.01. The van der Waals surface area contributed by atoms with Crippen molar-refractivity contribution in [2.45, 2.75) is 19.4 Å². The van der Waals surface area contributed by atoms with Gasteiger partial charge in [0, 0.05) is 23.7 Å². The zero-order chi connectivity index (χ0) is 16.1. The largest absolute Gasteiger partial charge is 0.351 e. The molecule has 1 N–H and O–H groups in total. The average molecular weight is 319 g/mol. The van der Waals surface area contributed by atoms with Gasteiger partial charge in [0.25, 0.3) is 5.69 Å². The van der Waals surface area contributed by atoms with Gasteiger partial charge in [-0.3, -0.25) is 14.9 Å². The van der Waals surface area contributed by atoms with Crippen LogP contribution in [0.15, 0.2) is 48.5 Å². The van der Waals surface area contributed by atoms with E-state index < -0.39 is 10.8 Å². The molecule has 0 aliphatic carbocycles. The van der Waals surface area contributed by atoms with E-state index in [0.717, 1.165) is 11.1 Å². The lowest BCUT2D eigenvalue weighted by atomic mass is 10.00. The lowest BCUT2D eigenvalue weighted by molar-refractivity contribution is -0.384. The van der Waals surface area contributed by atoms with E-state index in [1.165, 1.54) is 12.1 Å². The Morgan fingerprint density at radius 3 is 2.45 bits per heavy atom. The number of hydrogen-bond donors (Lipinski definition) is 1. The van der Waals surface area contributed by atoms with Gasteiger partial charge in [0.2, 0.25) is 5.91 Å². The van der Waals surface area contributed by atoms with Gasteiger partial charge in [-0.25, -0.2) is 0 Å². The first-order valence-corrected chi connectivity index (χ1v) is 7.12. The highest BCUT2D eigenvalue weighted by molar-refractivity contribution is 6.31. The molecule has 0 aliphatic heterocycles. The number of amides is 1. The molecule has 5 nitrogen and oxygen atoms in total. The van der Waals surface area contributed by atoms with Crippen molar-refractivity contribution in [2.24, 2.45) is 0 Å². The Hall–Kier alpha value is -2.40. The number of benzene rings is 2. The molecule has 6 heteroatoms. The highest BCUT2D eigenvalue weighted by Crippen LogP contribution is 2.20. The number of hydrogen-bond acceptors (Lipinski definition) is 3. The van der Waals surface area contributed by atoms with Crippen LogP contribution in [0, 0.1) is 10.1 Å². The van der Waals surface area contributed by atoms with E-state index in [9.17, 15) is 14.9 Å². The monoisotopic (exact) mass is 318 g/mol. The number of nitrogens with zero attached hydrogens (tertiary/aromatic N) is 1. The fourth-order valence-corrected chi connectivity index (χ4v) is 2.22. The molecule has 0 heterocycles. The Morgan fingerprint density at radius 2 is 1.86 bits per heavy atom. The van der Waals surface area contributed by atoms with E-state index in [0.29, 0.717) is 11.6 Å². The van der Waals surface area contributed by atoms with Crippen molar-refractivity contribution in [3.05, 3.63) is 74.8 Å². The van der Waals surface area contributed by atoms with Crippen molar-refractivity contribution in [3.63, 3.8) is 0 Å². The molecule has 0 saturated heterocycles. The second-order valence-electron chi connectivity index (χ2n) is 4.88. The number of non-ortho nitro benzene ring substituents is 1. The predicted octanol–water partition coefficient (Wildman–Crippen LogP) is 3.67. The minimum atomic E-state index is -0.466. The molecule has 1 unspecified atom stereocenters. The number of carbonyl (C=O) groups excluding carboxylic acids is 1. The molecule has 0 saturated carbocycles. The van der Waals surface area contributed by atoms with Crippen molar-refractivity contribution in [1.82, 2.24) is 5.32 Å². The molecule has 0 fully saturated rings. The smallest absolute Gasteiger partial charge is 0.269 e. The van der Waals surface area contributed by atoms with Crippen LogP contribution in [0.1, 0.15) is 24.0 Å². The van der Waals surface area contributed by atoms with E-state index in [2.05, 4.69) is 5.32 Å². The molecule has 22 heavy (non-hydrogen) atoms. The van der Waals surface area contributed by atoms with Crippen LogP contribution in [0.25, 0.3) is 0 Å². The first kappa shape index (κ1) is 16.0. The maximum absolute atomic E-state index is 12.2. The Balaban J connectivity index is 2.00. The summed E-state index contributed by atoms with van der Waals surface area (Å²) in [7, 11) is 0. The molecule has 0 aromatic heterocycles. The maximum atomic E-state index is 12.2. The van der Waals surface area contributed by atoms with Crippen molar-refractivity contribution in [3.8, 4) is 0 Å². The number of nitrogens with one attached hydrogen (secondary N) is 1. The summed E-state index contributed by atoms with van der Waals surface area (Å²) >= 11 is 6.04. The van der Waals surface area contributed by atoms with Crippen LogP contribution >= 0.6 is 11.6 Å². The molecular formula is C16H15ClN2O3. The van der Waals surface area contributed by atoms with Gasteiger partial charge in [-0.2, -0.15) is 0 Å². The second kappa shape index (κ2) is 7.04. The summed E-state index contributed by atoms with van der Waals surface area (Å²) in [5.74, 6) is -0.558. The molecule has 0 bridgehead atoms. The Kier molecular flexibility index (Phi) is 5.12. The van der Waals surface area contributed by atoms with Gasteiger partial charge in [-0.1, -0.05) is 41.9 Å². The highest BCUT2D eigenvalue weighted by Gasteiger charge is 2.16. The Bertz CT molecular complexity index is 686. The minimum absolute atomic E-state index is 0.00688. The van der Waals surface area contributed by atoms with Crippen molar-refractivity contribution in [1.29, 1.82) is 0 Å². The van der Waals surface area contributed by atoms with Crippen molar-refractivity contribution >= 4 is 23.2 Å². The number of nitro benzene ring substituents is 1. The normalized spacial score (nSPS) is 11.7. The Morgan fingerprint density at radius 1 is 1.23 bits per heavy atom. The van der Waals surface area contributed by atoms with Crippen LogP contribution in [-0.4, -0.2) is 10.8 Å². The summed E-state index contributed by atoms with van der Waals surface area (Å²) in [5, 5.41) is 14.0. The maximum Gasteiger partial charge on any atom is 0.269 e. The number of rotatable bonds is 5. The topological polar surface area (TPSA) is 72.2 Å². The van der Waals surface area contributed by atoms with Gasteiger partial charge in [0.15, 0.2) is 0 Å². The van der Waals surface area contributed by atoms with Gasteiger partial charge in [0.05, 0.1) is 10.8 Å². The van der Waals surface area contributed by atoms with Crippen LogP contribution in [0.5, 0.6) is 0 Å². The standard InChI is InChI=1S/C16H15ClN2O3/c1-11(12-6-8-14(9-7-12)19(21)22)16(20)18-10-13-4-2-3-5-15(13)17/h2-9,11H,10H2,1H3,(H,18,20). The first-order chi connectivity index (χ1) is 10.5. The zero-order valence-electron chi connectivity index (χ0n) is 12.0. The van der Waals surface area contributed by atoms with Gasteiger partial charge in [-0.05, 0) is 24.1 Å². The van der Waals surface area contributed by atoms with Crippen LogP contribution < -0.4 is 5.32 Å². The Labute approximate surface area is 133 Å². The molecule has 114 valence electrons. The van der Waals surface area contributed by atoms with E-state index in [1.807, 2.05) is 18.2 Å². The average Bonchev–Trinajstić information content (AvgIpc) is 2.53. The third-order valence-corrected chi connectivity index (χ3v) is 3.78. The molecule has 1 amide bonds. The van der Waals surface area contributed by atoms with Gasteiger partial charge < -0.3 is 5.32 Å². The van der Waals surface area contributed by atoms with E-state index in [1.54, 1.807) is 25.1 Å². The van der Waals surface area contributed by atoms with Crippen LogP contribution in [0.4, 0.5) is 5.69 Å². The lowest BCUT2D eigenvalue weighted by Gasteiger charge is -2.13. The summed E-state index contributed by atoms with van der Waals surface area (Å²) in [4.78, 5) is 22.3. The quantitative estimate of drug-likeness (QED) is 0.675. The summed E-state index contributed by atoms with van der Waals surface area (Å²) in [6.45, 7) is 2.10. The highest BCUT2D eigenvalue weighted by atomic mass is 35.5. The zero-order valence-corrected chi connectivity index (χ0v) is 12.7. The van der Waals surface area contributed by atoms with Gasteiger partial charge >= 0.3 is 0 Å². The van der Waals surface area contributed by atoms with Crippen molar-refractivity contribution < 1.29 is 9.72 Å². The van der Waals surface area contributed by atoms with Crippen LogP contribution in [-0.2, 0) is 11.3 Å². The summed E-state index contributed by atoms with van der Waals surface area (Å²) in [6, 6.07) is 13.3. The van der Waals surface area contributed by atoms with Crippen molar-refractivity contribution in [2.75, 3.05) is 0 Å². The fraction of sp³-hybridized carbons (Fsp3) is 0.188. The summed E-state index contributed by atoms with van der Waals surface area (Å²) in [5.41, 5.74) is 1.57. The molecule has 2 aromatic carbocycles. The number of nitro groups is 1. The number of halogens is 1. The third kappa shape index (κ3) is 3.83. The lowest BCUT2D eigenvalue weighted by Crippen LogP contribution is -2.27. The molecular weight excluding hydrogens is 304 g/mol. The number of carbonyl (C=O) groups is 1. The molecule has 1 atom stereocenters. The second-order valence-corrected chi connectivity index (χ2v) is 5.29. The van der Waals surface area contributed by atoms with Crippen LogP contribution in [0.3, 0.4) is 0 Å². The molecule has 0 spiro atoms. The molecule has 0 aliphatic rings. The third-order valence-electron chi connectivity index (χ3n) is 3.41. The summed E-state index contributed by atoms with van der Waals surface area (Å²) < 4.78 is 0. The SMILES string of the molecule is CC(C(=O)NCc1ccccc1Cl)c1ccc([N+](=O)[O-])cc1. The van der Waals surface area contributed by atoms with Crippen LogP contribution in [0.2, 0.25) is 5.02 Å². The summed E-state index contributed by atoms with van der Waals surface area (Å²) in [6.07, 6.45) is 0. The predicted molar refractivity (Wildman–Crippen MR) is 84.8 cm³/mol. The van der Waals surface area contributed by atoms with E-state index in [4.69, 9.17) is 11.6 Å². The molecule has 2 aromatic rings. The minimum Gasteiger partial charge on any atom is -0.351 e.